The zero-order valence-corrected chi connectivity index (χ0v) is 13.5. The highest BCUT2D eigenvalue weighted by Crippen LogP contribution is 2.24. The number of aromatic amines is 1. The van der Waals surface area contributed by atoms with Crippen molar-refractivity contribution in [1.82, 2.24) is 24.7 Å². The summed E-state index contributed by atoms with van der Waals surface area (Å²) >= 11 is 6.06. The van der Waals surface area contributed by atoms with Gasteiger partial charge in [-0.3, -0.25) is 14.5 Å². The second kappa shape index (κ2) is 5.61. The predicted octanol–water partition coefficient (Wildman–Crippen LogP) is 2.68. The van der Waals surface area contributed by atoms with Crippen molar-refractivity contribution in [3.05, 3.63) is 47.6 Å². The van der Waals surface area contributed by atoms with Crippen LogP contribution in [-0.4, -0.2) is 30.6 Å². The highest BCUT2D eigenvalue weighted by Gasteiger charge is 2.12. The minimum atomic E-state index is -0.169. The summed E-state index contributed by atoms with van der Waals surface area (Å²) in [5.41, 5.74) is 2.99. The molecule has 1 aromatic carbocycles. The molecule has 2 N–H and O–H groups in total. The zero-order valence-electron chi connectivity index (χ0n) is 12.7. The number of aryl methyl sites for hydroxylation is 1. The lowest BCUT2D eigenvalue weighted by molar-refractivity contribution is -0.115. The van der Waals surface area contributed by atoms with Crippen LogP contribution in [0.1, 0.15) is 5.82 Å². The summed E-state index contributed by atoms with van der Waals surface area (Å²) in [5.74, 6) is 0.401. The maximum absolute atomic E-state index is 12.1. The van der Waals surface area contributed by atoms with E-state index in [-0.39, 0.29) is 12.3 Å². The predicted molar refractivity (Wildman–Crippen MR) is 91.9 cm³/mol. The Hall–Kier alpha value is -2.93. The Labute approximate surface area is 141 Å². The number of carbonyl (C=O) groups is 1. The van der Waals surface area contributed by atoms with Crippen LogP contribution in [0.25, 0.3) is 21.9 Å². The van der Waals surface area contributed by atoms with Crippen molar-refractivity contribution in [3.8, 4) is 0 Å². The van der Waals surface area contributed by atoms with Gasteiger partial charge in [0.1, 0.15) is 5.82 Å². The van der Waals surface area contributed by atoms with Gasteiger partial charge in [0.15, 0.2) is 0 Å². The molecule has 4 aromatic rings. The largest absolute Gasteiger partial charge is 0.340 e. The molecule has 0 unspecified atom stereocenters. The lowest BCUT2D eigenvalue weighted by atomic mass is 10.2. The number of anilines is 1. The molecule has 3 aromatic heterocycles. The van der Waals surface area contributed by atoms with Gasteiger partial charge in [-0.2, -0.15) is 5.10 Å². The number of hydrogen-bond donors (Lipinski definition) is 2. The van der Waals surface area contributed by atoms with Gasteiger partial charge in [-0.1, -0.05) is 11.6 Å². The molecule has 0 fully saturated rings. The standard InChI is InChI=1S/C16H13ClN6O/c1-23-8-10(6-19-23)20-15(24)5-14-21-13-7-18-12-3-2-9(17)4-11(12)16(13)22-14/h2-4,6-8H,5H2,1H3,(H,20,24)(H,21,22). The van der Waals surface area contributed by atoms with Gasteiger partial charge < -0.3 is 10.3 Å². The monoisotopic (exact) mass is 340 g/mol. The highest BCUT2D eigenvalue weighted by atomic mass is 35.5. The van der Waals surface area contributed by atoms with E-state index in [2.05, 4.69) is 25.4 Å². The van der Waals surface area contributed by atoms with Crippen molar-refractivity contribution in [1.29, 1.82) is 0 Å². The van der Waals surface area contributed by atoms with Crippen LogP contribution in [-0.2, 0) is 18.3 Å². The summed E-state index contributed by atoms with van der Waals surface area (Å²) in [4.78, 5) is 24.2. The first kappa shape index (κ1) is 14.6. The minimum Gasteiger partial charge on any atom is -0.340 e. The average molecular weight is 341 g/mol. The van der Waals surface area contributed by atoms with Crippen LogP contribution in [0.3, 0.4) is 0 Å². The summed E-state index contributed by atoms with van der Waals surface area (Å²) in [7, 11) is 1.79. The van der Waals surface area contributed by atoms with E-state index >= 15 is 0 Å². The zero-order chi connectivity index (χ0) is 16.7. The number of imidazole rings is 1. The quantitative estimate of drug-likeness (QED) is 0.600. The van der Waals surface area contributed by atoms with Gasteiger partial charge in [0.2, 0.25) is 5.91 Å². The number of H-pyrrole nitrogens is 1. The molecule has 24 heavy (non-hydrogen) atoms. The summed E-state index contributed by atoms with van der Waals surface area (Å²) < 4.78 is 1.62. The van der Waals surface area contributed by atoms with E-state index in [0.29, 0.717) is 16.5 Å². The van der Waals surface area contributed by atoms with Crippen LogP contribution >= 0.6 is 11.6 Å². The average Bonchev–Trinajstić information content (AvgIpc) is 3.13. The van der Waals surface area contributed by atoms with Crippen molar-refractivity contribution in [2.24, 2.45) is 7.05 Å². The summed E-state index contributed by atoms with van der Waals surface area (Å²) in [5, 5.41) is 8.27. The smallest absolute Gasteiger partial charge is 0.232 e. The van der Waals surface area contributed by atoms with Crippen molar-refractivity contribution < 1.29 is 4.79 Å². The third kappa shape index (κ3) is 2.69. The number of nitrogens with zero attached hydrogens (tertiary/aromatic N) is 4. The molecule has 0 aliphatic carbocycles. The van der Waals surface area contributed by atoms with Crippen LogP contribution in [0.4, 0.5) is 5.69 Å². The minimum absolute atomic E-state index is 0.131. The normalized spacial score (nSPS) is 11.2. The maximum Gasteiger partial charge on any atom is 0.232 e. The molecule has 4 rings (SSSR count). The fourth-order valence-electron chi connectivity index (χ4n) is 2.61. The molecular weight excluding hydrogens is 328 g/mol. The first-order chi connectivity index (χ1) is 11.6. The molecule has 3 heterocycles. The Kier molecular flexibility index (Phi) is 3.42. The van der Waals surface area contributed by atoms with Gasteiger partial charge in [0.05, 0.1) is 41.1 Å². The van der Waals surface area contributed by atoms with E-state index in [1.165, 1.54) is 0 Å². The number of amides is 1. The van der Waals surface area contributed by atoms with Gasteiger partial charge in [0.25, 0.3) is 0 Å². The van der Waals surface area contributed by atoms with Gasteiger partial charge >= 0.3 is 0 Å². The number of halogens is 1. The van der Waals surface area contributed by atoms with Crippen LogP contribution in [0.5, 0.6) is 0 Å². The molecule has 0 aliphatic heterocycles. The summed E-state index contributed by atoms with van der Waals surface area (Å²) in [6, 6.07) is 5.46. The second-order valence-electron chi connectivity index (χ2n) is 5.49. The maximum atomic E-state index is 12.1. The molecule has 120 valence electrons. The molecule has 0 saturated carbocycles. The third-order valence-electron chi connectivity index (χ3n) is 3.64. The molecule has 1 amide bonds. The van der Waals surface area contributed by atoms with Crippen LogP contribution in [0.15, 0.2) is 36.8 Å². The molecule has 7 nitrogen and oxygen atoms in total. The fraction of sp³-hybridized carbons (Fsp3) is 0.125. The topological polar surface area (TPSA) is 88.5 Å². The van der Waals surface area contributed by atoms with E-state index in [4.69, 9.17) is 11.6 Å². The third-order valence-corrected chi connectivity index (χ3v) is 3.88. The van der Waals surface area contributed by atoms with Crippen LogP contribution in [0, 0.1) is 0 Å². The number of aromatic nitrogens is 5. The van der Waals surface area contributed by atoms with Gasteiger partial charge in [-0.05, 0) is 18.2 Å². The highest BCUT2D eigenvalue weighted by molar-refractivity contribution is 6.31. The molecule has 0 radical (unpaired) electrons. The number of carbonyl (C=O) groups excluding carboxylic acids is 1. The van der Waals surface area contributed by atoms with Gasteiger partial charge in [-0.15, -0.1) is 0 Å². The van der Waals surface area contributed by atoms with Crippen molar-refractivity contribution in [2.75, 3.05) is 5.32 Å². The van der Waals surface area contributed by atoms with Crippen molar-refractivity contribution in [3.63, 3.8) is 0 Å². The Morgan fingerprint density at radius 2 is 2.25 bits per heavy atom. The first-order valence-electron chi connectivity index (χ1n) is 7.30. The summed E-state index contributed by atoms with van der Waals surface area (Å²) in [6.45, 7) is 0. The molecule has 8 heteroatoms. The van der Waals surface area contributed by atoms with Crippen LogP contribution < -0.4 is 5.32 Å². The number of fused-ring (bicyclic) bond motifs is 3. The molecule has 0 saturated heterocycles. The van der Waals surface area contributed by atoms with Crippen LogP contribution in [0.2, 0.25) is 5.02 Å². The van der Waals surface area contributed by atoms with E-state index in [0.717, 1.165) is 21.9 Å². The Balaban J connectivity index is 1.64. The van der Waals surface area contributed by atoms with E-state index in [9.17, 15) is 4.79 Å². The Morgan fingerprint density at radius 3 is 3.04 bits per heavy atom. The molecule has 0 atom stereocenters. The molecule has 0 aliphatic rings. The number of pyridine rings is 1. The Morgan fingerprint density at radius 1 is 1.38 bits per heavy atom. The lowest BCUT2D eigenvalue weighted by Crippen LogP contribution is -2.14. The second-order valence-corrected chi connectivity index (χ2v) is 5.93. The number of benzene rings is 1. The first-order valence-corrected chi connectivity index (χ1v) is 7.67. The molecule has 0 bridgehead atoms. The van der Waals surface area contributed by atoms with Gasteiger partial charge in [-0.25, -0.2) is 4.98 Å². The molecular formula is C16H13ClN6O. The summed E-state index contributed by atoms with van der Waals surface area (Å²) in [6.07, 6.45) is 5.17. The van der Waals surface area contributed by atoms with Crippen molar-refractivity contribution in [2.45, 2.75) is 6.42 Å². The van der Waals surface area contributed by atoms with Crippen molar-refractivity contribution >= 4 is 45.1 Å². The molecule has 0 spiro atoms. The van der Waals surface area contributed by atoms with E-state index in [1.54, 1.807) is 36.4 Å². The van der Waals surface area contributed by atoms with E-state index in [1.807, 2.05) is 12.1 Å². The van der Waals surface area contributed by atoms with Gasteiger partial charge in [0, 0.05) is 23.7 Å². The Bertz CT molecular complexity index is 1070. The number of hydrogen-bond acceptors (Lipinski definition) is 4. The lowest BCUT2D eigenvalue weighted by Gasteiger charge is -1.99. The number of nitrogens with one attached hydrogen (secondary N) is 2. The SMILES string of the molecule is Cn1cc(NC(=O)Cc2nc3c(cnc4ccc(Cl)cc43)[nH]2)cn1. The fourth-order valence-corrected chi connectivity index (χ4v) is 2.78. The van der Waals surface area contributed by atoms with E-state index < -0.39 is 0 Å². The number of rotatable bonds is 3.